The maximum Gasteiger partial charge on any atom is 0.317 e. The molecule has 0 saturated carbocycles. The van der Waals surface area contributed by atoms with Gasteiger partial charge in [-0.15, -0.1) is 17.9 Å². The summed E-state index contributed by atoms with van der Waals surface area (Å²) in [6.07, 6.45) is 2.67. The second kappa shape index (κ2) is 4.49. The summed E-state index contributed by atoms with van der Waals surface area (Å²) in [5.41, 5.74) is 1.29. The summed E-state index contributed by atoms with van der Waals surface area (Å²) in [5.74, 6) is 0. The molecule has 0 aromatic carbocycles. The van der Waals surface area contributed by atoms with E-state index >= 15 is 0 Å². The van der Waals surface area contributed by atoms with Gasteiger partial charge in [-0.2, -0.15) is 0 Å². The Labute approximate surface area is 93.4 Å². The summed E-state index contributed by atoms with van der Waals surface area (Å²) in [6.45, 7) is 5.66. The predicted molar refractivity (Wildman–Crippen MR) is 62.0 cm³/mol. The standard InChI is InChI=1S/C11H14N2OS/c1-2-5-12-11(14)13-6-3-10-9(8-13)4-7-15-10/h2,4,7H,1,3,5-6,8H2,(H,12,14). The molecular weight excluding hydrogens is 208 g/mol. The first-order valence-electron chi connectivity index (χ1n) is 5.00. The third-order valence-electron chi connectivity index (χ3n) is 2.49. The third-order valence-corrected chi connectivity index (χ3v) is 3.52. The number of nitrogens with one attached hydrogen (secondary N) is 1. The molecule has 15 heavy (non-hydrogen) atoms. The Hall–Kier alpha value is -1.29. The van der Waals surface area contributed by atoms with Crippen LogP contribution >= 0.6 is 11.3 Å². The van der Waals surface area contributed by atoms with E-state index in [1.807, 2.05) is 4.90 Å². The Kier molecular flexibility index (Phi) is 3.06. The monoisotopic (exact) mass is 222 g/mol. The van der Waals surface area contributed by atoms with Crippen molar-refractivity contribution in [1.29, 1.82) is 0 Å². The zero-order valence-corrected chi connectivity index (χ0v) is 9.35. The minimum atomic E-state index is 0.00625. The number of fused-ring (bicyclic) bond motifs is 1. The van der Waals surface area contributed by atoms with Crippen molar-refractivity contribution in [3.8, 4) is 0 Å². The van der Waals surface area contributed by atoms with Crippen molar-refractivity contribution < 1.29 is 4.79 Å². The molecule has 0 spiro atoms. The average molecular weight is 222 g/mol. The summed E-state index contributed by atoms with van der Waals surface area (Å²) >= 11 is 1.78. The summed E-state index contributed by atoms with van der Waals surface area (Å²) in [6, 6.07) is 2.11. The molecule has 1 aromatic rings. The maximum atomic E-state index is 11.7. The van der Waals surface area contributed by atoms with Crippen molar-refractivity contribution >= 4 is 17.4 Å². The molecule has 1 aliphatic heterocycles. The highest BCUT2D eigenvalue weighted by Gasteiger charge is 2.20. The maximum absolute atomic E-state index is 11.7. The smallest absolute Gasteiger partial charge is 0.317 e. The third kappa shape index (κ3) is 2.21. The van der Waals surface area contributed by atoms with Crippen molar-refractivity contribution in [3.05, 3.63) is 34.5 Å². The molecule has 0 fully saturated rings. The van der Waals surface area contributed by atoms with Crippen LogP contribution in [0.5, 0.6) is 0 Å². The molecule has 0 bridgehead atoms. The second-order valence-electron chi connectivity index (χ2n) is 3.52. The van der Waals surface area contributed by atoms with Gasteiger partial charge in [0.1, 0.15) is 0 Å². The van der Waals surface area contributed by atoms with Crippen LogP contribution < -0.4 is 5.32 Å². The Morgan fingerprint density at radius 2 is 2.60 bits per heavy atom. The lowest BCUT2D eigenvalue weighted by Gasteiger charge is -2.26. The topological polar surface area (TPSA) is 32.3 Å². The van der Waals surface area contributed by atoms with E-state index in [4.69, 9.17) is 0 Å². The lowest BCUT2D eigenvalue weighted by Crippen LogP contribution is -2.42. The summed E-state index contributed by atoms with van der Waals surface area (Å²) in [5, 5.41) is 4.89. The highest BCUT2D eigenvalue weighted by molar-refractivity contribution is 7.10. The van der Waals surface area contributed by atoms with Gasteiger partial charge in [0.2, 0.25) is 0 Å². The Morgan fingerprint density at radius 3 is 3.40 bits per heavy atom. The van der Waals surface area contributed by atoms with E-state index < -0.39 is 0 Å². The number of carbonyl (C=O) groups excluding carboxylic acids is 1. The number of carbonyl (C=O) groups is 1. The summed E-state index contributed by atoms with van der Waals surface area (Å²) in [4.78, 5) is 14.9. The Morgan fingerprint density at radius 1 is 1.73 bits per heavy atom. The van der Waals surface area contributed by atoms with Crippen molar-refractivity contribution in [2.45, 2.75) is 13.0 Å². The van der Waals surface area contributed by atoms with Crippen LogP contribution in [-0.2, 0) is 13.0 Å². The van der Waals surface area contributed by atoms with Gasteiger partial charge in [0, 0.05) is 24.5 Å². The highest BCUT2D eigenvalue weighted by Crippen LogP contribution is 2.23. The van der Waals surface area contributed by atoms with E-state index in [1.165, 1.54) is 10.4 Å². The lowest BCUT2D eigenvalue weighted by molar-refractivity contribution is 0.194. The molecule has 1 aliphatic rings. The molecule has 0 atom stereocenters. The number of hydrogen-bond donors (Lipinski definition) is 1. The van der Waals surface area contributed by atoms with Crippen LogP contribution in [0.25, 0.3) is 0 Å². The molecule has 0 radical (unpaired) electrons. The number of hydrogen-bond acceptors (Lipinski definition) is 2. The average Bonchev–Trinajstić information content (AvgIpc) is 2.72. The zero-order valence-electron chi connectivity index (χ0n) is 8.53. The normalized spacial score (nSPS) is 14.5. The minimum Gasteiger partial charge on any atom is -0.335 e. The SMILES string of the molecule is C=CCNC(=O)N1CCc2sccc2C1. The fourth-order valence-corrected chi connectivity index (χ4v) is 2.58. The van der Waals surface area contributed by atoms with Gasteiger partial charge in [-0.3, -0.25) is 0 Å². The number of rotatable bonds is 2. The van der Waals surface area contributed by atoms with E-state index in [-0.39, 0.29) is 6.03 Å². The van der Waals surface area contributed by atoms with E-state index in [0.29, 0.717) is 6.54 Å². The van der Waals surface area contributed by atoms with Gasteiger partial charge in [-0.25, -0.2) is 4.79 Å². The molecule has 0 saturated heterocycles. The Bertz CT molecular complexity index is 372. The molecule has 2 amide bonds. The van der Waals surface area contributed by atoms with Gasteiger partial charge < -0.3 is 10.2 Å². The summed E-state index contributed by atoms with van der Waals surface area (Å²) in [7, 11) is 0. The van der Waals surface area contributed by atoms with E-state index in [2.05, 4.69) is 23.3 Å². The predicted octanol–water partition coefficient (Wildman–Crippen LogP) is 2.00. The molecule has 0 aliphatic carbocycles. The van der Waals surface area contributed by atoms with Crippen LogP contribution in [0.3, 0.4) is 0 Å². The van der Waals surface area contributed by atoms with Crippen LogP contribution in [0.1, 0.15) is 10.4 Å². The van der Waals surface area contributed by atoms with Crippen molar-refractivity contribution in [3.63, 3.8) is 0 Å². The van der Waals surface area contributed by atoms with Crippen LogP contribution in [-0.4, -0.2) is 24.0 Å². The minimum absolute atomic E-state index is 0.00625. The number of thiophene rings is 1. The molecule has 0 unspecified atom stereocenters. The first kappa shape index (κ1) is 10.2. The van der Waals surface area contributed by atoms with Gasteiger partial charge in [0.05, 0.1) is 0 Å². The first-order chi connectivity index (χ1) is 7.31. The summed E-state index contributed by atoms with van der Waals surface area (Å²) < 4.78 is 0. The second-order valence-corrected chi connectivity index (χ2v) is 4.52. The van der Waals surface area contributed by atoms with Crippen LogP contribution in [0.2, 0.25) is 0 Å². The van der Waals surface area contributed by atoms with E-state index in [0.717, 1.165) is 19.5 Å². The molecule has 80 valence electrons. The lowest BCUT2D eigenvalue weighted by atomic mass is 10.1. The molecule has 3 nitrogen and oxygen atoms in total. The largest absolute Gasteiger partial charge is 0.335 e. The van der Waals surface area contributed by atoms with Gasteiger partial charge in [-0.1, -0.05) is 6.08 Å². The van der Waals surface area contributed by atoms with Crippen LogP contribution in [0.15, 0.2) is 24.1 Å². The number of nitrogens with zero attached hydrogens (tertiary/aromatic N) is 1. The fraction of sp³-hybridized carbons (Fsp3) is 0.364. The molecule has 1 aromatic heterocycles. The quantitative estimate of drug-likeness (QED) is 0.763. The Balaban J connectivity index is 1.97. The van der Waals surface area contributed by atoms with Crippen molar-refractivity contribution in [2.24, 2.45) is 0 Å². The highest BCUT2D eigenvalue weighted by atomic mass is 32.1. The van der Waals surface area contributed by atoms with Gasteiger partial charge in [0.25, 0.3) is 0 Å². The number of amides is 2. The molecule has 2 heterocycles. The molecule has 4 heteroatoms. The first-order valence-corrected chi connectivity index (χ1v) is 5.88. The van der Waals surface area contributed by atoms with Crippen LogP contribution in [0.4, 0.5) is 4.79 Å². The van der Waals surface area contributed by atoms with Crippen LogP contribution in [0, 0.1) is 0 Å². The van der Waals surface area contributed by atoms with Crippen molar-refractivity contribution in [2.75, 3.05) is 13.1 Å². The fourth-order valence-electron chi connectivity index (χ4n) is 1.69. The van der Waals surface area contributed by atoms with Gasteiger partial charge in [0.15, 0.2) is 0 Å². The van der Waals surface area contributed by atoms with E-state index in [9.17, 15) is 4.79 Å². The molecule has 1 N–H and O–H groups in total. The molecular formula is C11H14N2OS. The molecule has 2 rings (SSSR count). The van der Waals surface area contributed by atoms with E-state index in [1.54, 1.807) is 17.4 Å². The van der Waals surface area contributed by atoms with Crippen molar-refractivity contribution in [1.82, 2.24) is 10.2 Å². The van der Waals surface area contributed by atoms with Gasteiger partial charge >= 0.3 is 6.03 Å². The number of urea groups is 1. The zero-order chi connectivity index (χ0) is 10.7. The van der Waals surface area contributed by atoms with Gasteiger partial charge in [-0.05, 0) is 23.4 Å².